The Balaban J connectivity index is 0.00000316. The normalized spacial score (nSPS) is 17.1. The van der Waals surface area contributed by atoms with Gasteiger partial charge in [-0.1, -0.05) is 38.2 Å². The van der Waals surface area contributed by atoms with Crippen molar-refractivity contribution in [1.82, 2.24) is 0 Å². The molecule has 1 aliphatic carbocycles. The van der Waals surface area contributed by atoms with Crippen molar-refractivity contribution in [1.29, 1.82) is 0 Å². The minimum Gasteiger partial charge on any atom is -0.527 e. The third-order valence-corrected chi connectivity index (χ3v) is 8.21. The van der Waals surface area contributed by atoms with E-state index in [1.54, 1.807) is 30.3 Å². The zero-order valence-electron chi connectivity index (χ0n) is 22.5. The van der Waals surface area contributed by atoms with Crippen LogP contribution in [0.3, 0.4) is 0 Å². The Hall–Kier alpha value is -4.21. The fraction of sp³-hybridized carbons (Fsp3) is 0.250. The summed E-state index contributed by atoms with van der Waals surface area (Å²) in [5.74, 6) is -0.0608. The molecule has 2 heterocycles. The van der Waals surface area contributed by atoms with Gasteiger partial charge < -0.3 is 30.3 Å². The van der Waals surface area contributed by atoms with Crippen LogP contribution >= 0.6 is 0 Å². The molecule has 1 fully saturated rings. The summed E-state index contributed by atoms with van der Waals surface area (Å²) in [5, 5.41) is 26.5. The van der Waals surface area contributed by atoms with Gasteiger partial charge in [-0.3, -0.25) is 9.59 Å². The summed E-state index contributed by atoms with van der Waals surface area (Å²) in [5.41, 5.74) is 0.223. The van der Waals surface area contributed by atoms with Crippen LogP contribution in [-0.2, 0) is 28.9 Å². The monoisotopic (exact) mass is 602 g/mol. The van der Waals surface area contributed by atoms with Gasteiger partial charge in [0.15, 0.2) is 5.60 Å². The topological polar surface area (TPSA) is 134 Å². The summed E-state index contributed by atoms with van der Waals surface area (Å²) in [6.07, 6.45) is 7.35. The number of anilines is 3. The molecule has 4 aromatic rings. The Morgan fingerprint density at radius 2 is 1.29 bits per heavy atom. The van der Waals surface area contributed by atoms with E-state index in [9.17, 15) is 24.6 Å². The first kappa shape index (κ1) is 27.9. The molecule has 42 heavy (non-hydrogen) atoms. The van der Waals surface area contributed by atoms with E-state index in [1.165, 1.54) is 30.7 Å². The maximum atomic E-state index is 13.4. The van der Waals surface area contributed by atoms with E-state index in [1.807, 2.05) is 0 Å². The number of aromatic hydroxyl groups is 2. The molecule has 1 spiro atoms. The number of carbonyl (C=O) groups excluding carboxylic acids is 1. The van der Waals surface area contributed by atoms with Crippen LogP contribution in [0.15, 0.2) is 64.2 Å². The Labute approximate surface area is 253 Å². The number of fused-ring (bicyclic) bond motifs is 6. The molecule has 0 atom stereocenters. The zero-order valence-corrected chi connectivity index (χ0v) is 23.9. The van der Waals surface area contributed by atoms with Crippen LogP contribution in [0.25, 0.3) is 0 Å². The maximum Gasteiger partial charge on any atom is 0.340 e. The Morgan fingerprint density at radius 1 is 0.714 bits per heavy atom. The molecule has 0 aromatic heterocycles. The van der Waals surface area contributed by atoms with Crippen LogP contribution in [0.4, 0.5) is 17.1 Å². The van der Waals surface area contributed by atoms with Crippen LogP contribution in [0, 0.1) is 6.04 Å². The minimum atomic E-state index is -1.38. The molecule has 2 aliphatic heterocycles. The number of hydrogen-bond donors (Lipinski definition) is 4. The number of nitrogens with one attached hydrogen (secondary N) is 2. The minimum absolute atomic E-state index is 0. The molecule has 0 amide bonds. The van der Waals surface area contributed by atoms with Gasteiger partial charge in [0.05, 0.1) is 11.3 Å². The molecule has 9 nitrogen and oxygen atoms in total. The van der Waals surface area contributed by atoms with Gasteiger partial charge in [0.25, 0.3) is 10.9 Å². The van der Waals surface area contributed by atoms with E-state index in [4.69, 9.17) is 9.47 Å². The van der Waals surface area contributed by atoms with E-state index in [0.29, 0.717) is 22.4 Å². The average molecular weight is 603 g/mol. The van der Waals surface area contributed by atoms with Gasteiger partial charge in [0, 0.05) is 53.1 Å². The van der Waals surface area contributed by atoms with Gasteiger partial charge in [-0.15, -0.1) is 0 Å². The molecule has 7 rings (SSSR count). The van der Waals surface area contributed by atoms with Crippen molar-refractivity contribution in [2.45, 2.75) is 50.5 Å². The van der Waals surface area contributed by atoms with Crippen LogP contribution in [0.1, 0.15) is 72.0 Å². The summed E-state index contributed by atoms with van der Waals surface area (Å²) in [7, 11) is 0. The number of phenolic OH excluding ortho intramolecular Hbond substituents is 2. The van der Waals surface area contributed by atoms with Gasteiger partial charge in [-0.05, 0) is 36.4 Å². The number of carbonyl (C=O) groups is 1. The predicted molar refractivity (Wildman–Crippen MR) is 152 cm³/mol. The van der Waals surface area contributed by atoms with Crippen molar-refractivity contribution in [3.8, 4) is 23.0 Å². The second kappa shape index (κ2) is 10.6. The second-order valence-corrected chi connectivity index (χ2v) is 10.8. The zero-order chi connectivity index (χ0) is 28.3. The molecule has 10 heteroatoms. The first-order valence-electron chi connectivity index (χ1n) is 13.8. The Morgan fingerprint density at radius 3 is 1.93 bits per heavy atom. The van der Waals surface area contributed by atoms with Crippen molar-refractivity contribution < 1.29 is 43.0 Å². The number of esters is 1. The van der Waals surface area contributed by atoms with Crippen molar-refractivity contribution in [2.75, 3.05) is 10.6 Å². The predicted octanol–water partition coefficient (Wildman–Crippen LogP) is 5.69. The standard InChI is InChI=1S/C32H27N2O7.V/c35-19-9-12-23-25(15-19)40-26-16-20(36)10-13-24(26)32(23)22-11-8-18(14-21(22)31(39)41-32)34-28-27(29(37)30(28)38)33-17-6-4-2-1-3-5-7-17;/h8-16,33-36H,1-7H2;/q-1;. The molecule has 4 aromatic carbocycles. The second-order valence-electron chi connectivity index (χ2n) is 10.8. The van der Waals surface area contributed by atoms with E-state index in [0.717, 1.165) is 44.6 Å². The Bertz CT molecular complexity index is 1730. The number of benzene rings is 3. The fourth-order valence-electron chi connectivity index (χ4n) is 6.19. The van der Waals surface area contributed by atoms with Gasteiger partial charge in [-0.25, -0.2) is 10.8 Å². The van der Waals surface area contributed by atoms with E-state index in [2.05, 4.69) is 10.6 Å². The molecule has 1 saturated carbocycles. The van der Waals surface area contributed by atoms with E-state index < -0.39 is 22.4 Å². The SMILES string of the molecule is O=C1OC2(c3ccc(O)cc3Oc3cc(O)ccc32)c2ccc(Nc3c(N[C-]4CCCCCCC4)c(=O)c3=O)cc21.[V]. The third kappa shape index (κ3) is 4.35. The summed E-state index contributed by atoms with van der Waals surface area (Å²) >= 11 is 0. The fourth-order valence-corrected chi connectivity index (χ4v) is 6.19. The van der Waals surface area contributed by atoms with Gasteiger partial charge in [-0.2, -0.15) is 12.8 Å². The van der Waals surface area contributed by atoms with E-state index in [-0.39, 0.29) is 58.5 Å². The van der Waals surface area contributed by atoms with Crippen LogP contribution in [0.2, 0.25) is 0 Å². The number of ether oxygens (including phenoxy) is 2. The van der Waals surface area contributed by atoms with Crippen LogP contribution < -0.4 is 26.2 Å². The summed E-state index contributed by atoms with van der Waals surface area (Å²) < 4.78 is 12.1. The molecule has 3 aliphatic rings. The number of hydrogen-bond acceptors (Lipinski definition) is 9. The molecule has 4 N–H and O–H groups in total. The van der Waals surface area contributed by atoms with Gasteiger partial charge in [0.2, 0.25) is 0 Å². The molecule has 0 unspecified atom stereocenters. The smallest absolute Gasteiger partial charge is 0.340 e. The molecular formula is C32H27N2O7V-. The van der Waals surface area contributed by atoms with Crippen LogP contribution in [-0.4, -0.2) is 16.2 Å². The van der Waals surface area contributed by atoms with E-state index >= 15 is 0 Å². The van der Waals surface area contributed by atoms with Crippen molar-refractivity contribution in [2.24, 2.45) is 0 Å². The number of phenols is 2. The van der Waals surface area contributed by atoms with Crippen molar-refractivity contribution in [3.63, 3.8) is 0 Å². The van der Waals surface area contributed by atoms with Crippen LogP contribution in [0.5, 0.6) is 23.0 Å². The largest absolute Gasteiger partial charge is 0.527 e. The van der Waals surface area contributed by atoms with Crippen molar-refractivity contribution in [3.05, 3.63) is 103 Å². The third-order valence-electron chi connectivity index (χ3n) is 8.21. The van der Waals surface area contributed by atoms with Crippen molar-refractivity contribution >= 4 is 23.0 Å². The van der Waals surface area contributed by atoms with Gasteiger partial charge in [0.1, 0.15) is 28.7 Å². The van der Waals surface area contributed by atoms with Gasteiger partial charge >= 0.3 is 5.97 Å². The Kier molecular flexibility index (Phi) is 7.03. The molecular weight excluding hydrogens is 575 g/mol. The molecule has 1 radical (unpaired) electrons. The summed E-state index contributed by atoms with van der Waals surface area (Å²) in [4.78, 5) is 38.4. The first-order chi connectivity index (χ1) is 19.8. The quantitative estimate of drug-likeness (QED) is 0.132. The molecule has 0 saturated heterocycles. The molecule has 0 bridgehead atoms. The number of rotatable bonds is 4. The summed E-state index contributed by atoms with van der Waals surface area (Å²) in [6.45, 7) is 0. The molecule has 213 valence electrons. The first-order valence-corrected chi connectivity index (χ1v) is 13.8. The average Bonchev–Trinajstić information content (AvgIpc) is 3.22. The maximum absolute atomic E-state index is 13.4. The summed E-state index contributed by atoms with van der Waals surface area (Å²) in [6, 6.07) is 15.3.